The van der Waals surface area contributed by atoms with E-state index >= 15 is 0 Å². The van der Waals surface area contributed by atoms with Crippen LogP contribution < -0.4 is 0 Å². The normalized spacial score (nSPS) is 22.0. The van der Waals surface area contributed by atoms with E-state index < -0.39 is 12.1 Å². The topological polar surface area (TPSA) is 66.8 Å². The summed E-state index contributed by atoms with van der Waals surface area (Å²) in [6.07, 6.45) is -0.454. The zero-order valence-electron chi connectivity index (χ0n) is 16.3. The van der Waals surface area contributed by atoms with Crippen molar-refractivity contribution in [3.8, 4) is 0 Å². The van der Waals surface area contributed by atoms with Crippen molar-refractivity contribution < 1.29 is 19.4 Å². The zero-order valence-corrected chi connectivity index (χ0v) is 17.8. The number of carboxylic acid groups (broad SMARTS) is 1. The maximum absolute atomic E-state index is 13.1. The first-order chi connectivity index (χ1) is 12.6. The molecule has 0 aliphatic carbocycles. The van der Waals surface area contributed by atoms with Crippen molar-refractivity contribution in [2.45, 2.75) is 63.5 Å². The van der Waals surface area contributed by atoms with E-state index in [0.29, 0.717) is 5.02 Å². The van der Waals surface area contributed by atoms with Crippen molar-refractivity contribution >= 4 is 35.2 Å². The molecule has 1 aromatic rings. The number of carbonyl (C=O) groups excluding carboxylic acids is 1. The summed E-state index contributed by atoms with van der Waals surface area (Å²) < 4.78 is 5.74. The average molecular weight is 414 g/mol. The molecule has 27 heavy (non-hydrogen) atoms. The molecule has 1 heterocycles. The Morgan fingerprint density at radius 1 is 1.37 bits per heavy atom. The largest absolute Gasteiger partial charge is 0.481 e. The summed E-state index contributed by atoms with van der Waals surface area (Å²) in [6, 6.07) is 7.16. The molecule has 1 N–H and O–H groups in total. The van der Waals surface area contributed by atoms with Crippen LogP contribution in [-0.2, 0) is 14.3 Å². The van der Waals surface area contributed by atoms with Gasteiger partial charge in [-0.1, -0.05) is 51.4 Å². The lowest BCUT2D eigenvalue weighted by Gasteiger charge is -2.44. The van der Waals surface area contributed by atoms with Crippen LogP contribution in [-0.4, -0.2) is 51.1 Å². The summed E-state index contributed by atoms with van der Waals surface area (Å²) in [6.45, 7) is 8.78. The van der Waals surface area contributed by atoms with Crippen LogP contribution in [0.5, 0.6) is 0 Å². The Morgan fingerprint density at radius 3 is 2.52 bits per heavy atom. The number of amides is 1. The number of nitrogens with zero attached hydrogens (tertiary/aromatic N) is 1. The van der Waals surface area contributed by atoms with E-state index in [2.05, 4.69) is 27.7 Å². The molecule has 1 fully saturated rings. The van der Waals surface area contributed by atoms with Gasteiger partial charge >= 0.3 is 5.97 Å². The highest BCUT2D eigenvalue weighted by molar-refractivity contribution is 8.00. The van der Waals surface area contributed by atoms with Gasteiger partial charge in [0.2, 0.25) is 0 Å². The SMILES string of the molecule is CC[C@@H](CSC(C)(C)C)N1C(=O)C(CC(=O)O)OC[C@H]1c1ccc(Cl)cc1. The molecule has 1 amide bonds. The maximum Gasteiger partial charge on any atom is 0.306 e. The molecule has 1 aliphatic heterocycles. The fourth-order valence-corrected chi connectivity index (χ4v) is 4.32. The number of carboxylic acids is 1. The van der Waals surface area contributed by atoms with Gasteiger partial charge in [-0.2, -0.15) is 11.8 Å². The molecule has 150 valence electrons. The van der Waals surface area contributed by atoms with Crippen molar-refractivity contribution in [2.75, 3.05) is 12.4 Å². The van der Waals surface area contributed by atoms with Gasteiger partial charge in [-0.15, -0.1) is 0 Å². The van der Waals surface area contributed by atoms with E-state index in [9.17, 15) is 9.59 Å². The third-order valence-electron chi connectivity index (χ3n) is 4.51. The second kappa shape index (κ2) is 9.30. The molecule has 5 nitrogen and oxygen atoms in total. The highest BCUT2D eigenvalue weighted by Gasteiger charge is 2.41. The smallest absolute Gasteiger partial charge is 0.306 e. The van der Waals surface area contributed by atoms with Crippen LogP contribution in [0.15, 0.2) is 24.3 Å². The molecular weight excluding hydrogens is 386 g/mol. The number of morpholine rings is 1. The molecular formula is C20H28ClNO4S. The lowest BCUT2D eigenvalue weighted by molar-refractivity contribution is -0.168. The van der Waals surface area contributed by atoms with E-state index in [1.165, 1.54) is 0 Å². The fourth-order valence-electron chi connectivity index (χ4n) is 3.10. The first-order valence-corrected chi connectivity index (χ1v) is 10.5. The van der Waals surface area contributed by atoms with Crippen LogP contribution in [0.2, 0.25) is 5.02 Å². The molecule has 1 saturated heterocycles. The molecule has 0 radical (unpaired) electrons. The van der Waals surface area contributed by atoms with Crippen molar-refractivity contribution in [1.29, 1.82) is 0 Å². The second-order valence-corrected chi connectivity index (χ2v) is 10.0. The summed E-state index contributed by atoms with van der Waals surface area (Å²) >= 11 is 7.81. The number of carbonyl (C=O) groups is 2. The summed E-state index contributed by atoms with van der Waals surface area (Å²) in [5.74, 6) is -0.490. The minimum atomic E-state index is -1.03. The molecule has 1 aliphatic rings. The number of benzene rings is 1. The van der Waals surface area contributed by atoms with Gasteiger partial charge in [0, 0.05) is 21.6 Å². The zero-order chi connectivity index (χ0) is 20.2. The second-order valence-electron chi connectivity index (χ2n) is 7.72. The van der Waals surface area contributed by atoms with Gasteiger partial charge in [-0.3, -0.25) is 9.59 Å². The number of thioether (sulfide) groups is 1. The summed E-state index contributed by atoms with van der Waals surface area (Å²) in [7, 11) is 0. The molecule has 3 atom stereocenters. The molecule has 0 aromatic heterocycles. The Kier molecular flexibility index (Phi) is 7.60. The summed E-state index contributed by atoms with van der Waals surface area (Å²) in [5, 5.41) is 9.75. The van der Waals surface area contributed by atoms with Crippen molar-refractivity contribution in [1.82, 2.24) is 4.90 Å². The van der Waals surface area contributed by atoms with Crippen LogP contribution in [0.4, 0.5) is 0 Å². The molecule has 1 aromatic carbocycles. The van der Waals surface area contributed by atoms with Gasteiger partial charge in [0.1, 0.15) is 6.10 Å². The fraction of sp³-hybridized carbons (Fsp3) is 0.600. The van der Waals surface area contributed by atoms with E-state index in [4.69, 9.17) is 21.4 Å². The van der Waals surface area contributed by atoms with Crippen LogP contribution >= 0.6 is 23.4 Å². The van der Waals surface area contributed by atoms with Gasteiger partial charge in [0.05, 0.1) is 19.1 Å². The Bertz CT molecular complexity index is 659. The minimum Gasteiger partial charge on any atom is -0.481 e. The van der Waals surface area contributed by atoms with Gasteiger partial charge < -0.3 is 14.7 Å². The Morgan fingerprint density at radius 2 is 2.00 bits per heavy atom. The highest BCUT2D eigenvalue weighted by Crippen LogP contribution is 2.34. The van der Waals surface area contributed by atoms with Crippen molar-refractivity contribution in [3.63, 3.8) is 0 Å². The molecule has 0 bridgehead atoms. The predicted octanol–water partition coefficient (Wildman–Crippen LogP) is 4.39. The summed E-state index contributed by atoms with van der Waals surface area (Å²) in [4.78, 5) is 26.1. The number of hydrogen-bond acceptors (Lipinski definition) is 4. The monoisotopic (exact) mass is 413 g/mol. The molecule has 1 unspecified atom stereocenters. The Balaban J connectivity index is 2.32. The van der Waals surface area contributed by atoms with E-state index in [1.807, 2.05) is 17.0 Å². The number of aliphatic carboxylic acids is 1. The van der Waals surface area contributed by atoms with Crippen molar-refractivity contribution in [2.24, 2.45) is 0 Å². The first kappa shape index (κ1) is 22.1. The third kappa shape index (κ3) is 6.13. The lowest BCUT2D eigenvalue weighted by atomic mass is 9.99. The minimum absolute atomic E-state index is 0.00241. The van der Waals surface area contributed by atoms with E-state index in [1.54, 1.807) is 23.9 Å². The molecule has 0 saturated carbocycles. The highest BCUT2D eigenvalue weighted by atomic mass is 35.5. The average Bonchev–Trinajstić information content (AvgIpc) is 2.58. The molecule has 2 rings (SSSR count). The van der Waals surface area contributed by atoms with Gasteiger partial charge in [0.25, 0.3) is 5.91 Å². The summed E-state index contributed by atoms with van der Waals surface area (Å²) in [5.41, 5.74) is 0.945. The quantitative estimate of drug-likeness (QED) is 0.717. The van der Waals surface area contributed by atoms with Crippen LogP contribution in [0, 0.1) is 0 Å². The maximum atomic E-state index is 13.1. The Hall–Kier alpha value is -1.24. The lowest BCUT2D eigenvalue weighted by Crippen LogP contribution is -2.55. The molecule has 0 spiro atoms. The molecule has 7 heteroatoms. The van der Waals surface area contributed by atoms with E-state index in [0.717, 1.165) is 17.7 Å². The predicted molar refractivity (Wildman–Crippen MR) is 109 cm³/mol. The number of hydrogen-bond donors (Lipinski definition) is 1. The van der Waals surface area contributed by atoms with Crippen LogP contribution in [0.1, 0.15) is 52.1 Å². The first-order valence-electron chi connectivity index (χ1n) is 9.17. The van der Waals surface area contributed by atoms with Crippen LogP contribution in [0.25, 0.3) is 0 Å². The van der Waals surface area contributed by atoms with Crippen molar-refractivity contribution in [3.05, 3.63) is 34.9 Å². The standard InChI is InChI=1S/C20H28ClNO4S/c1-5-15(12-27-20(2,3)4)22-16(13-6-8-14(21)9-7-13)11-26-17(19(22)25)10-18(23)24/h6-9,15-17H,5,10-12H2,1-4H3,(H,23,24)/t15-,16-,17?/m0/s1. The van der Waals surface area contributed by atoms with Gasteiger partial charge in [0.15, 0.2) is 0 Å². The number of halogens is 1. The Labute approximate surface area is 170 Å². The van der Waals surface area contributed by atoms with Gasteiger partial charge in [-0.05, 0) is 24.1 Å². The van der Waals surface area contributed by atoms with Crippen LogP contribution in [0.3, 0.4) is 0 Å². The van der Waals surface area contributed by atoms with Gasteiger partial charge in [-0.25, -0.2) is 0 Å². The number of rotatable bonds is 7. The number of ether oxygens (including phenoxy) is 1. The van der Waals surface area contributed by atoms with E-state index in [-0.39, 0.29) is 35.8 Å². The third-order valence-corrected chi connectivity index (χ3v) is 6.18.